The molecule has 0 spiro atoms. The van der Waals surface area contributed by atoms with E-state index in [0.29, 0.717) is 17.8 Å². The quantitative estimate of drug-likeness (QED) is 0.794. The number of carboxylic acids is 1. The van der Waals surface area contributed by atoms with Gasteiger partial charge in [-0.15, -0.1) is 0 Å². The molecule has 0 unspecified atom stereocenters. The molecule has 0 atom stereocenters. The zero-order valence-corrected chi connectivity index (χ0v) is 12.2. The van der Waals surface area contributed by atoms with Crippen LogP contribution in [0.25, 0.3) is 0 Å². The molecule has 6 nitrogen and oxygen atoms in total. The topological polar surface area (TPSA) is 93.4 Å². The molecule has 21 heavy (non-hydrogen) atoms. The number of hydrogen-bond donors (Lipinski definition) is 2. The first-order chi connectivity index (χ1) is 9.92. The minimum atomic E-state index is -0.971. The summed E-state index contributed by atoms with van der Waals surface area (Å²) in [6.45, 7) is 4.21. The lowest BCUT2D eigenvalue weighted by Gasteiger charge is -2.21. The number of para-hydroxylation sites is 1. The highest BCUT2D eigenvalue weighted by Gasteiger charge is 2.16. The van der Waals surface area contributed by atoms with Gasteiger partial charge in [0.1, 0.15) is 6.07 Å². The van der Waals surface area contributed by atoms with Crippen molar-refractivity contribution in [1.82, 2.24) is 4.90 Å². The predicted molar refractivity (Wildman–Crippen MR) is 78.7 cm³/mol. The van der Waals surface area contributed by atoms with Gasteiger partial charge in [0.2, 0.25) is 5.91 Å². The molecule has 0 bridgehead atoms. The molecule has 2 N–H and O–H groups in total. The van der Waals surface area contributed by atoms with E-state index in [1.54, 1.807) is 29.2 Å². The number of nitriles is 1. The molecule has 0 radical (unpaired) electrons. The lowest BCUT2D eigenvalue weighted by molar-refractivity contribution is -0.138. The van der Waals surface area contributed by atoms with Gasteiger partial charge in [0.05, 0.1) is 24.3 Å². The maximum absolute atomic E-state index is 12.0. The summed E-state index contributed by atoms with van der Waals surface area (Å²) in [7, 11) is 0. The SMILES string of the molecule is CC(C)CN(CC(=O)O)CC(=O)Nc1ccccc1C#N. The van der Waals surface area contributed by atoms with Crippen LogP contribution in [0.15, 0.2) is 24.3 Å². The molecule has 0 fully saturated rings. The molecule has 1 rings (SSSR count). The highest BCUT2D eigenvalue weighted by molar-refractivity contribution is 5.93. The number of hydrogen-bond acceptors (Lipinski definition) is 4. The average Bonchev–Trinajstić information content (AvgIpc) is 2.37. The Hall–Kier alpha value is -2.39. The first-order valence-corrected chi connectivity index (χ1v) is 6.65. The Morgan fingerprint density at radius 1 is 1.33 bits per heavy atom. The van der Waals surface area contributed by atoms with Crippen LogP contribution in [0, 0.1) is 17.2 Å². The molecule has 1 amide bonds. The van der Waals surface area contributed by atoms with E-state index >= 15 is 0 Å². The lowest BCUT2D eigenvalue weighted by Crippen LogP contribution is -2.39. The van der Waals surface area contributed by atoms with Crippen molar-refractivity contribution in [3.8, 4) is 6.07 Å². The second-order valence-electron chi connectivity index (χ2n) is 5.16. The standard InChI is InChI=1S/C15H19N3O3/c1-11(2)8-18(10-15(20)21)9-14(19)17-13-6-4-3-5-12(13)7-16/h3-6,11H,8-10H2,1-2H3,(H,17,19)(H,20,21). The van der Waals surface area contributed by atoms with Gasteiger partial charge in [-0.1, -0.05) is 26.0 Å². The Balaban J connectivity index is 2.69. The summed E-state index contributed by atoms with van der Waals surface area (Å²) >= 11 is 0. The zero-order chi connectivity index (χ0) is 15.8. The summed E-state index contributed by atoms with van der Waals surface area (Å²) in [5.74, 6) is -1.05. The van der Waals surface area contributed by atoms with Crippen LogP contribution in [0.5, 0.6) is 0 Å². The molecule has 0 aliphatic carbocycles. The molecule has 0 aromatic heterocycles. The smallest absolute Gasteiger partial charge is 0.317 e. The Bertz CT molecular complexity index is 549. The predicted octanol–water partition coefficient (Wildman–Crippen LogP) is 1.54. The van der Waals surface area contributed by atoms with Crippen LogP contribution in [0.1, 0.15) is 19.4 Å². The fourth-order valence-corrected chi connectivity index (χ4v) is 1.98. The molecular weight excluding hydrogens is 270 g/mol. The summed E-state index contributed by atoms with van der Waals surface area (Å²) in [6, 6.07) is 8.68. The monoisotopic (exact) mass is 289 g/mol. The molecule has 0 aliphatic rings. The molecule has 0 saturated heterocycles. The van der Waals surface area contributed by atoms with Crippen LogP contribution < -0.4 is 5.32 Å². The van der Waals surface area contributed by atoms with E-state index in [0.717, 1.165) is 0 Å². The summed E-state index contributed by atoms with van der Waals surface area (Å²) in [5.41, 5.74) is 0.810. The Kier molecular flexibility index (Phi) is 6.37. The van der Waals surface area contributed by atoms with Crippen molar-refractivity contribution in [1.29, 1.82) is 5.26 Å². The first-order valence-electron chi connectivity index (χ1n) is 6.65. The first kappa shape index (κ1) is 16.7. The largest absolute Gasteiger partial charge is 0.480 e. The van der Waals surface area contributed by atoms with Gasteiger partial charge in [0.15, 0.2) is 0 Å². The van der Waals surface area contributed by atoms with Gasteiger partial charge in [-0.25, -0.2) is 0 Å². The van der Waals surface area contributed by atoms with E-state index in [-0.39, 0.29) is 24.9 Å². The van der Waals surface area contributed by atoms with Crippen molar-refractivity contribution in [3.05, 3.63) is 29.8 Å². The van der Waals surface area contributed by atoms with Crippen LogP contribution in [0.4, 0.5) is 5.69 Å². The number of rotatable bonds is 7. The number of carboxylic acid groups (broad SMARTS) is 1. The number of carbonyl (C=O) groups is 2. The van der Waals surface area contributed by atoms with Crippen LogP contribution in [0.3, 0.4) is 0 Å². The summed E-state index contributed by atoms with van der Waals surface area (Å²) in [6.07, 6.45) is 0. The maximum Gasteiger partial charge on any atom is 0.317 e. The normalized spacial score (nSPS) is 10.4. The summed E-state index contributed by atoms with van der Waals surface area (Å²) in [5, 5.41) is 20.5. The third-order valence-electron chi connectivity index (χ3n) is 2.67. The zero-order valence-electron chi connectivity index (χ0n) is 12.2. The van der Waals surface area contributed by atoms with Crippen molar-refractivity contribution in [2.45, 2.75) is 13.8 Å². The fourth-order valence-electron chi connectivity index (χ4n) is 1.98. The number of aliphatic carboxylic acids is 1. The Labute approximate surface area is 124 Å². The van der Waals surface area contributed by atoms with Crippen molar-refractivity contribution in [2.24, 2.45) is 5.92 Å². The van der Waals surface area contributed by atoms with Crippen molar-refractivity contribution >= 4 is 17.6 Å². The number of carbonyl (C=O) groups excluding carboxylic acids is 1. The maximum atomic E-state index is 12.0. The van der Waals surface area contributed by atoms with Gasteiger partial charge in [-0.3, -0.25) is 14.5 Å². The summed E-state index contributed by atoms with van der Waals surface area (Å²) in [4.78, 5) is 24.4. The molecular formula is C15H19N3O3. The van der Waals surface area contributed by atoms with E-state index in [2.05, 4.69) is 5.32 Å². The number of amides is 1. The number of nitrogens with one attached hydrogen (secondary N) is 1. The number of benzene rings is 1. The molecule has 1 aromatic rings. The minimum absolute atomic E-state index is 0.0236. The fraction of sp³-hybridized carbons (Fsp3) is 0.400. The molecule has 0 aliphatic heterocycles. The summed E-state index contributed by atoms with van der Waals surface area (Å²) < 4.78 is 0. The second kappa shape index (κ2) is 8.02. The third-order valence-corrected chi connectivity index (χ3v) is 2.67. The van der Waals surface area contributed by atoms with Gasteiger partial charge in [0.25, 0.3) is 0 Å². The van der Waals surface area contributed by atoms with Crippen molar-refractivity contribution < 1.29 is 14.7 Å². The van der Waals surface area contributed by atoms with Crippen molar-refractivity contribution in [3.63, 3.8) is 0 Å². The second-order valence-corrected chi connectivity index (χ2v) is 5.16. The van der Waals surface area contributed by atoms with Gasteiger partial charge >= 0.3 is 5.97 Å². The van der Waals surface area contributed by atoms with E-state index in [1.807, 2.05) is 19.9 Å². The van der Waals surface area contributed by atoms with Crippen LogP contribution in [-0.4, -0.2) is 41.5 Å². The van der Waals surface area contributed by atoms with Crippen molar-refractivity contribution in [2.75, 3.05) is 25.0 Å². The van der Waals surface area contributed by atoms with E-state index in [9.17, 15) is 9.59 Å². The van der Waals surface area contributed by atoms with Gasteiger partial charge in [0, 0.05) is 6.54 Å². The molecule has 6 heteroatoms. The van der Waals surface area contributed by atoms with E-state index < -0.39 is 5.97 Å². The third kappa shape index (κ3) is 6.06. The van der Waals surface area contributed by atoms with Gasteiger partial charge in [-0.05, 0) is 18.1 Å². The Morgan fingerprint density at radius 3 is 2.57 bits per heavy atom. The molecule has 112 valence electrons. The molecule has 0 heterocycles. The van der Waals surface area contributed by atoms with E-state index in [1.165, 1.54) is 0 Å². The number of nitrogens with zero attached hydrogens (tertiary/aromatic N) is 2. The highest BCUT2D eigenvalue weighted by Crippen LogP contribution is 2.13. The minimum Gasteiger partial charge on any atom is -0.480 e. The van der Waals surface area contributed by atoms with Gasteiger partial charge in [-0.2, -0.15) is 5.26 Å². The lowest BCUT2D eigenvalue weighted by atomic mass is 10.2. The van der Waals surface area contributed by atoms with Crippen LogP contribution in [-0.2, 0) is 9.59 Å². The van der Waals surface area contributed by atoms with E-state index in [4.69, 9.17) is 10.4 Å². The van der Waals surface area contributed by atoms with Crippen LogP contribution in [0.2, 0.25) is 0 Å². The Morgan fingerprint density at radius 2 is 2.00 bits per heavy atom. The molecule has 0 saturated carbocycles. The van der Waals surface area contributed by atoms with Crippen LogP contribution >= 0.6 is 0 Å². The average molecular weight is 289 g/mol. The molecule has 1 aromatic carbocycles. The number of anilines is 1. The highest BCUT2D eigenvalue weighted by atomic mass is 16.4. The van der Waals surface area contributed by atoms with Gasteiger partial charge < -0.3 is 10.4 Å².